The van der Waals surface area contributed by atoms with Gasteiger partial charge in [0.25, 0.3) is 5.91 Å². The third kappa shape index (κ3) is 5.35. The third-order valence-corrected chi connectivity index (χ3v) is 15.6. The van der Waals surface area contributed by atoms with Crippen molar-refractivity contribution in [1.82, 2.24) is 4.90 Å². The number of ether oxygens (including phenoxy) is 3. The van der Waals surface area contributed by atoms with Crippen LogP contribution in [-0.2, 0) is 32.9 Å². The number of aliphatic hydroxyl groups is 1. The van der Waals surface area contributed by atoms with Crippen LogP contribution in [0.3, 0.4) is 0 Å². The van der Waals surface area contributed by atoms with Gasteiger partial charge in [-0.15, -0.1) is 0 Å². The van der Waals surface area contributed by atoms with Gasteiger partial charge in [-0.05, 0) is 65.6 Å². The zero-order valence-electron chi connectivity index (χ0n) is 28.8. The molecule has 2 amide bonds. The Hall–Kier alpha value is -4.44. The molecule has 1 N–H and O–H groups in total. The van der Waals surface area contributed by atoms with Crippen molar-refractivity contribution in [3.8, 4) is 11.5 Å². The number of hydrogen-bond donors (Lipinski definition) is 1. The maximum absolute atomic E-state index is 15.1. The zero-order valence-corrected chi connectivity index (χ0v) is 29.8. The molecule has 49 heavy (non-hydrogen) atoms. The van der Waals surface area contributed by atoms with E-state index in [4.69, 9.17) is 14.2 Å². The lowest BCUT2D eigenvalue weighted by Crippen LogP contribution is -2.52. The lowest BCUT2D eigenvalue weighted by atomic mass is 9.82. The Morgan fingerprint density at radius 3 is 2.24 bits per heavy atom. The highest BCUT2D eigenvalue weighted by molar-refractivity contribution is 6.91. The summed E-state index contributed by atoms with van der Waals surface area (Å²) in [6.45, 7) is 7.04. The smallest absolute Gasteiger partial charge is 0.268 e. The summed E-state index contributed by atoms with van der Waals surface area (Å²) in [4.78, 5) is 33.1. The van der Waals surface area contributed by atoms with E-state index < -0.39 is 19.8 Å². The van der Waals surface area contributed by atoms with Crippen molar-refractivity contribution in [2.24, 2.45) is 5.92 Å². The maximum atomic E-state index is 15.1. The van der Waals surface area contributed by atoms with Crippen LogP contribution in [-0.4, -0.2) is 62.9 Å². The summed E-state index contributed by atoms with van der Waals surface area (Å²) in [7, 11) is 0.802. The van der Waals surface area contributed by atoms with Gasteiger partial charge in [0, 0.05) is 23.7 Å². The Morgan fingerprint density at radius 2 is 1.57 bits per heavy atom. The van der Waals surface area contributed by atoms with Crippen LogP contribution in [0, 0.1) is 5.92 Å². The summed E-state index contributed by atoms with van der Waals surface area (Å²) in [5, 5.41) is 11.6. The number of carbonyl (C=O) groups excluding carboxylic acids is 2. The van der Waals surface area contributed by atoms with Crippen molar-refractivity contribution in [1.29, 1.82) is 0 Å². The normalized spacial score (nSPS) is 24.6. The van der Waals surface area contributed by atoms with Crippen LogP contribution in [0.5, 0.6) is 11.5 Å². The molecule has 0 aromatic heterocycles. The molecule has 9 heteroatoms. The van der Waals surface area contributed by atoms with E-state index in [1.807, 2.05) is 77.7 Å². The highest BCUT2D eigenvalue weighted by Crippen LogP contribution is 2.61. The molecule has 0 radical (unpaired) electrons. The summed E-state index contributed by atoms with van der Waals surface area (Å²) < 4.78 is 18.4. The van der Waals surface area contributed by atoms with E-state index in [9.17, 15) is 9.90 Å². The van der Waals surface area contributed by atoms with Crippen molar-refractivity contribution in [2.45, 2.75) is 62.7 Å². The van der Waals surface area contributed by atoms with Crippen molar-refractivity contribution in [3.63, 3.8) is 0 Å². The maximum Gasteiger partial charge on any atom is 0.268 e. The molecule has 1 spiro atoms. The molecule has 8 nitrogen and oxygen atoms in total. The van der Waals surface area contributed by atoms with Gasteiger partial charge in [-0.1, -0.05) is 79.8 Å². The van der Waals surface area contributed by atoms with Gasteiger partial charge in [0.2, 0.25) is 5.91 Å². The van der Waals surface area contributed by atoms with Gasteiger partial charge in [-0.2, -0.15) is 0 Å². The van der Waals surface area contributed by atoms with Crippen molar-refractivity contribution >= 4 is 36.4 Å². The standard InChI is InChI=1S/C40H44N2O6Si/c1-26-38(49(4,5)33-18-15-31(46-2)16-19-33)36(23-37(44)41-24-28-12-10-9-11-27(28)21-30(41)25-43)48-40(26)34-22-32(47-3)17-20-35(34)42(39(40)45)29-13-7-6-8-14-29/h6-20,22,26,30,36,38,43H,21,23-25H2,1-5H3/t26-,30-,36+,38-,40+/m0/s1. The first-order valence-corrected chi connectivity index (χ1v) is 20.1. The number of para-hydroxylation sites is 1. The fourth-order valence-electron chi connectivity index (χ4n) is 8.71. The largest absolute Gasteiger partial charge is 0.497 e. The minimum Gasteiger partial charge on any atom is -0.497 e. The summed E-state index contributed by atoms with van der Waals surface area (Å²) in [6, 6.07) is 31.4. The molecule has 1 fully saturated rings. The number of rotatable bonds is 8. The highest BCUT2D eigenvalue weighted by Gasteiger charge is 2.67. The van der Waals surface area contributed by atoms with Crippen molar-refractivity contribution < 1.29 is 28.9 Å². The molecule has 4 aromatic rings. The molecule has 0 unspecified atom stereocenters. The molecule has 5 atom stereocenters. The number of carbonyl (C=O) groups is 2. The first-order valence-electron chi connectivity index (χ1n) is 17.0. The van der Waals surface area contributed by atoms with E-state index in [0.29, 0.717) is 18.7 Å². The predicted octanol–water partition coefficient (Wildman–Crippen LogP) is 5.93. The summed E-state index contributed by atoms with van der Waals surface area (Å²) in [5.74, 6) is 0.894. The second-order valence-corrected chi connectivity index (χ2v) is 18.7. The number of amides is 2. The van der Waals surface area contributed by atoms with Gasteiger partial charge >= 0.3 is 0 Å². The topological polar surface area (TPSA) is 88.5 Å². The van der Waals surface area contributed by atoms with Crippen LogP contribution in [0.4, 0.5) is 11.4 Å². The lowest BCUT2D eigenvalue weighted by Gasteiger charge is -2.39. The average molecular weight is 677 g/mol. The predicted molar refractivity (Wildman–Crippen MR) is 192 cm³/mol. The van der Waals surface area contributed by atoms with Crippen LogP contribution in [0.15, 0.2) is 97.1 Å². The molecule has 3 aliphatic heterocycles. The Labute approximate surface area is 289 Å². The summed E-state index contributed by atoms with van der Waals surface area (Å²) in [6.07, 6.45) is 0.138. The summed E-state index contributed by atoms with van der Waals surface area (Å²) >= 11 is 0. The molecular formula is C40H44N2O6Si. The van der Waals surface area contributed by atoms with Crippen LogP contribution in [0.25, 0.3) is 0 Å². The second-order valence-electron chi connectivity index (χ2n) is 14.1. The Morgan fingerprint density at radius 1 is 0.918 bits per heavy atom. The first kappa shape index (κ1) is 33.1. The minimum absolute atomic E-state index is 0.0800. The van der Waals surface area contributed by atoms with Crippen LogP contribution in [0.1, 0.15) is 30.0 Å². The Balaban J connectivity index is 1.33. The number of aliphatic hydroxyl groups excluding tert-OH is 1. The van der Waals surface area contributed by atoms with E-state index in [-0.39, 0.29) is 42.3 Å². The molecule has 1 saturated heterocycles. The zero-order chi connectivity index (χ0) is 34.5. The van der Waals surface area contributed by atoms with Crippen LogP contribution >= 0.6 is 0 Å². The Bertz CT molecular complexity index is 1860. The molecule has 7 rings (SSSR count). The van der Waals surface area contributed by atoms with Crippen LogP contribution in [0.2, 0.25) is 18.6 Å². The number of nitrogens with zero attached hydrogens (tertiary/aromatic N) is 2. The van der Waals surface area contributed by atoms with Crippen molar-refractivity contribution in [2.75, 3.05) is 25.7 Å². The monoisotopic (exact) mass is 676 g/mol. The quantitative estimate of drug-likeness (QED) is 0.233. The molecule has 0 aliphatic carbocycles. The SMILES string of the molecule is COc1ccc([Si](C)(C)[C@@H]2[C@@H](CC(=O)N3Cc4ccccc4C[C@H]3CO)O[C@]3(C(=O)N(c4ccccc4)c4ccc(OC)cc43)[C@H]2C)cc1. The number of benzene rings is 4. The summed E-state index contributed by atoms with van der Waals surface area (Å²) in [5.41, 5.74) is 3.06. The van der Waals surface area contributed by atoms with Gasteiger partial charge in [-0.3, -0.25) is 14.5 Å². The molecule has 0 bridgehead atoms. The Kier molecular flexibility index (Phi) is 8.63. The molecular weight excluding hydrogens is 633 g/mol. The van der Waals surface area contributed by atoms with E-state index >= 15 is 4.79 Å². The molecule has 4 aromatic carbocycles. The fraction of sp³-hybridized carbons (Fsp3) is 0.350. The first-order chi connectivity index (χ1) is 23.6. The average Bonchev–Trinajstić information content (AvgIpc) is 3.56. The van der Waals surface area contributed by atoms with E-state index in [2.05, 4.69) is 44.3 Å². The second kappa shape index (κ2) is 12.8. The number of anilines is 2. The van der Waals surface area contributed by atoms with E-state index in [1.165, 1.54) is 5.19 Å². The number of hydrogen-bond acceptors (Lipinski definition) is 6. The number of fused-ring (bicyclic) bond motifs is 3. The molecule has 3 heterocycles. The van der Waals surface area contributed by atoms with Gasteiger partial charge < -0.3 is 24.2 Å². The van der Waals surface area contributed by atoms with Crippen LogP contribution < -0.4 is 19.6 Å². The number of methoxy groups -OCH3 is 2. The van der Waals surface area contributed by atoms with Gasteiger partial charge in [-0.25, -0.2) is 0 Å². The third-order valence-electron chi connectivity index (χ3n) is 11.2. The fourth-order valence-corrected chi connectivity index (χ4v) is 12.7. The van der Waals surface area contributed by atoms with Gasteiger partial charge in [0.1, 0.15) is 11.5 Å². The lowest BCUT2D eigenvalue weighted by molar-refractivity contribution is -0.150. The molecule has 3 aliphatic rings. The highest BCUT2D eigenvalue weighted by atomic mass is 28.3. The minimum atomic E-state index is -2.48. The van der Waals surface area contributed by atoms with E-state index in [0.717, 1.165) is 33.8 Å². The molecule has 0 saturated carbocycles. The van der Waals surface area contributed by atoms with Gasteiger partial charge in [0.15, 0.2) is 5.60 Å². The van der Waals surface area contributed by atoms with E-state index in [1.54, 1.807) is 19.1 Å². The molecule has 254 valence electrons. The van der Waals surface area contributed by atoms with Gasteiger partial charge in [0.05, 0.1) is 53.2 Å². The van der Waals surface area contributed by atoms with Crippen molar-refractivity contribution in [3.05, 3.63) is 114 Å².